The van der Waals surface area contributed by atoms with Crippen molar-refractivity contribution in [1.29, 1.82) is 0 Å². The lowest BCUT2D eigenvalue weighted by molar-refractivity contribution is 0.579. The van der Waals surface area contributed by atoms with Crippen molar-refractivity contribution in [2.24, 2.45) is 0 Å². The number of alkyl halides is 1. The fourth-order valence-corrected chi connectivity index (χ4v) is 2.65. The van der Waals surface area contributed by atoms with Gasteiger partial charge in [-0.3, -0.25) is 0 Å². The lowest BCUT2D eigenvalue weighted by atomic mass is 10.2. The smallest absolute Gasteiger partial charge is 0.169 e. The van der Waals surface area contributed by atoms with Crippen LogP contribution in [0.2, 0.25) is 0 Å². The number of hydrogen-bond donors (Lipinski definition) is 0. The fourth-order valence-electron chi connectivity index (χ4n) is 1.83. The van der Waals surface area contributed by atoms with Gasteiger partial charge in [-0.2, -0.15) is 0 Å². The molecule has 0 unspecified atom stereocenters. The van der Waals surface area contributed by atoms with Crippen LogP contribution in [-0.2, 0) is 11.9 Å². The van der Waals surface area contributed by atoms with Gasteiger partial charge in [-0.05, 0) is 18.6 Å². The van der Waals surface area contributed by atoms with Crippen LogP contribution in [0, 0.1) is 11.6 Å². The maximum atomic E-state index is 14.0. The highest BCUT2D eigenvalue weighted by Crippen LogP contribution is 2.28. The van der Waals surface area contributed by atoms with Crippen LogP contribution in [0.1, 0.15) is 19.2 Å². The molecule has 19 heavy (non-hydrogen) atoms. The van der Waals surface area contributed by atoms with Gasteiger partial charge in [0.2, 0.25) is 0 Å². The lowest BCUT2D eigenvalue weighted by Gasteiger charge is -2.09. The molecule has 1 aromatic heterocycles. The van der Waals surface area contributed by atoms with Crippen LogP contribution in [0.15, 0.2) is 16.6 Å². The zero-order valence-electron chi connectivity index (χ0n) is 10.1. The minimum Gasteiger partial charge on any atom is -0.310 e. The maximum absolute atomic E-state index is 14.0. The highest BCUT2D eigenvalue weighted by Gasteiger charge is 2.20. The average Bonchev–Trinajstić information content (AvgIpc) is 2.72. The van der Waals surface area contributed by atoms with Crippen molar-refractivity contribution in [2.45, 2.75) is 25.2 Å². The van der Waals surface area contributed by atoms with E-state index in [0.29, 0.717) is 22.2 Å². The monoisotopic (exact) mass is 393 g/mol. The molecule has 1 heterocycles. The van der Waals surface area contributed by atoms with E-state index in [-0.39, 0.29) is 11.4 Å². The van der Waals surface area contributed by atoms with Gasteiger partial charge in [0.05, 0.1) is 10.9 Å². The van der Waals surface area contributed by atoms with Crippen molar-refractivity contribution in [1.82, 2.24) is 14.8 Å². The molecule has 2 aromatic rings. The third kappa shape index (κ3) is 2.86. The van der Waals surface area contributed by atoms with Gasteiger partial charge in [0, 0.05) is 11.0 Å². The maximum Gasteiger partial charge on any atom is 0.169 e. The zero-order valence-corrected chi connectivity index (χ0v) is 13.3. The normalized spacial score (nSPS) is 11.0. The average molecular weight is 395 g/mol. The van der Waals surface area contributed by atoms with Crippen LogP contribution in [-0.4, -0.2) is 14.8 Å². The van der Waals surface area contributed by atoms with Crippen LogP contribution >= 0.6 is 31.9 Å². The first-order chi connectivity index (χ1) is 9.08. The fraction of sp³-hybridized carbons (Fsp3) is 0.333. The summed E-state index contributed by atoms with van der Waals surface area (Å²) in [6.45, 7) is 2.59. The molecule has 3 nitrogen and oxygen atoms in total. The second kappa shape index (κ2) is 6.09. The minimum atomic E-state index is -0.655. The SMILES string of the molecule is CCCn1c(CBr)nnc1-c1c(F)cc(Br)cc1F. The predicted octanol–water partition coefficient (Wildman–Crippen LogP) is 4.29. The molecule has 0 N–H and O–H groups in total. The van der Waals surface area contributed by atoms with Gasteiger partial charge in [0.1, 0.15) is 17.5 Å². The molecule has 0 aliphatic heterocycles. The first-order valence-electron chi connectivity index (χ1n) is 5.71. The topological polar surface area (TPSA) is 30.7 Å². The number of hydrogen-bond acceptors (Lipinski definition) is 2. The number of benzene rings is 1. The molecule has 0 amide bonds. The molecule has 0 bridgehead atoms. The molecule has 0 atom stereocenters. The summed E-state index contributed by atoms with van der Waals surface area (Å²) in [5.74, 6) is -0.437. The third-order valence-electron chi connectivity index (χ3n) is 2.62. The van der Waals surface area contributed by atoms with Crippen LogP contribution in [0.25, 0.3) is 11.4 Å². The Hall–Kier alpha value is -0.820. The van der Waals surface area contributed by atoms with E-state index in [1.807, 2.05) is 6.92 Å². The number of halogens is 4. The molecule has 0 saturated heterocycles. The summed E-state index contributed by atoms with van der Waals surface area (Å²) in [4.78, 5) is 0. The van der Waals surface area contributed by atoms with E-state index < -0.39 is 11.6 Å². The van der Waals surface area contributed by atoms with E-state index in [9.17, 15) is 8.78 Å². The minimum absolute atomic E-state index is 0.142. The molecular weight excluding hydrogens is 384 g/mol. The Kier molecular flexibility index (Phi) is 4.67. The molecule has 0 aliphatic rings. The molecule has 1 aromatic carbocycles. The van der Waals surface area contributed by atoms with Crippen LogP contribution in [0.3, 0.4) is 0 Å². The van der Waals surface area contributed by atoms with E-state index in [2.05, 4.69) is 42.1 Å². The van der Waals surface area contributed by atoms with Gasteiger partial charge in [-0.15, -0.1) is 10.2 Å². The molecule has 102 valence electrons. The first-order valence-corrected chi connectivity index (χ1v) is 7.62. The van der Waals surface area contributed by atoms with Crippen LogP contribution < -0.4 is 0 Å². The van der Waals surface area contributed by atoms with E-state index in [0.717, 1.165) is 6.42 Å². The van der Waals surface area contributed by atoms with Crippen molar-refractivity contribution < 1.29 is 8.78 Å². The van der Waals surface area contributed by atoms with Crippen molar-refractivity contribution in [2.75, 3.05) is 0 Å². The molecule has 0 saturated carbocycles. The lowest BCUT2D eigenvalue weighted by Crippen LogP contribution is -2.06. The second-order valence-electron chi connectivity index (χ2n) is 3.97. The van der Waals surface area contributed by atoms with Crippen molar-refractivity contribution in [3.8, 4) is 11.4 Å². The Morgan fingerprint density at radius 3 is 2.37 bits per heavy atom. The standard InChI is InChI=1S/C12H11Br2F2N3/c1-2-3-19-10(6-13)17-18-12(19)11-8(15)4-7(14)5-9(11)16/h4-5H,2-3,6H2,1H3. The summed E-state index contributed by atoms with van der Waals surface area (Å²) >= 11 is 6.35. The molecule has 2 rings (SSSR count). The van der Waals surface area contributed by atoms with E-state index in [1.54, 1.807) is 4.57 Å². The Labute approximate surface area is 126 Å². The summed E-state index contributed by atoms with van der Waals surface area (Å²) < 4.78 is 30.0. The summed E-state index contributed by atoms with van der Waals surface area (Å²) in [6.07, 6.45) is 0.824. The third-order valence-corrected chi connectivity index (χ3v) is 3.58. The summed E-state index contributed by atoms with van der Waals surface area (Å²) in [5, 5.41) is 8.36. The van der Waals surface area contributed by atoms with Crippen molar-refractivity contribution in [3.63, 3.8) is 0 Å². The molecule has 0 spiro atoms. The van der Waals surface area contributed by atoms with Gasteiger partial charge in [0.25, 0.3) is 0 Å². The number of rotatable bonds is 4. The summed E-state index contributed by atoms with van der Waals surface area (Å²) in [7, 11) is 0. The summed E-state index contributed by atoms with van der Waals surface area (Å²) in [5.41, 5.74) is -0.142. The number of nitrogens with zero attached hydrogens (tertiary/aromatic N) is 3. The number of aromatic nitrogens is 3. The van der Waals surface area contributed by atoms with Gasteiger partial charge in [-0.25, -0.2) is 8.78 Å². The Balaban J connectivity index is 2.62. The molecule has 0 radical (unpaired) electrons. The summed E-state index contributed by atoms with van der Waals surface area (Å²) in [6, 6.07) is 2.44. The van der Waals surface area contributed by atoms with E-state index in [1.165, 1.54) is 12.1 Å². The van der Waals surface area contributed by atoms with Crippen LogP contribution in [0.5, 0.6) is 0 Å². The predicted molar refractivity (Wildman–Crippen MR) is 76.0 cm³/mol. The Morgan fingerprint density at radius 1 is 1.21 bits per heavy atom. The Bertz CT molecular complexity index is 576. The molecule has 7 heteroatoms. The highest BCUT2D eigenvalue weighted by molar-refractivity contribution is 9.10. The van der Waals surface area contributed by atoms with Gasteiger partial charge in [-0.1, -0.05) is 38.8 Å². The second-order valence-corrected chi connectivity index (χ2v) is 5.45. The van der Waals surface area contributed by atoms with Crippen molar-refractivity contribution in [3.05, 3.63) is 34.1 Å². The van der Waals surface area contributed by atoms with Gasteiger partial charge >= 0.3 is 0 Å². The molecule has 0 aliphatic carbocycles. The molecule has 0 fully saturated rings. The van der Waals surface area contributed by atoms with Gasteiger partial charge < -0.3 is 4.57 Å². The van der Waals surface area contributed by atoms with Crippen LogP contribution in [0.4, 0.5) is 8.78 Å². The largest absolute Gasteiger partial charge is 0.310 e. The highest BCUT2D eigenvalue weighted by atomic mass is 79.9. The van der Waals surface area contributed by atoms with Gasteiger partial charge in [0.15, 0.2) is 5.82 Å². The zero-order chi connectivity index (χ0) is 14.0. The van der Waals surface area contributed by atoms with Crippen molar-refractivity contribution >= 4 is 31.9 Å². The molecular formula is C12H11Br2F2N3. The first kappa shape index (κ1) is 14.6. The quantitative estimate of drug-likeness (QED) is 0.724. The van der Waals surface area contributed by atoms with E-state index in [4.69, 9.17) is 0 Å². The Morgan fingerprint density at radius 2 is 1.84 bits per heavy atom. The van der Waals surface area contributed by atoms with E-state index >= 15 is 0 Å².